The van der Waals surface area contributed by atoms with E-state index in [1.54, 1.807) is 0 Å². The van der Waals surface area contributed by atoms with E-state index in [9.17, 15) is 4.79 Å². The number of para-hydroxylation sites is 1. The zero-order valence-electron chi connectivity index (χ0n) is 12.0. The van der Waals surface area contributed by atoms with Crippen LogP contribution in [-0.2, 0) is 4.79 Å². The molecule has 1 fully saturated rings. The summed E-state index contributed by atoms with van der Waals surface area (Å²) in [5.74, 6) is 0.900. The lowest BCUT2D eigenvalue weighted by molar-refractivity contribution is -0.122. The van der Waals surface area contributed by atoms with Crippen molar-refractivity contribution in [2.24, 2.45) is 0 Å². The number of likely N-dealkylation sites (N-methyl/N-ethyl adjacent to an activating group) is 1. The summed E-state index contributed by atoms with van der Waals surface area (Å²) >= 11 is 0. The number of benzene rings is 1. The van der Waals surface area contributed by atoms with E-state index < -0.39 is 0 Å². The van der Waals surface area contributed by atoms with Gasteiger partial charge in [0.1, 0.15) is 12.4 Å². The van der Waals surface area contributed by atoms with Crippen molar-refractivity contribution in [3.63, 3.8) is 0 Å². The van der Waals surface area contributed by atoms with Crippen LogP contribution in [-0.4, -0.2) is 56.7 Å². The SMILES string of the molecule is CNC1CCN(CC(=O)NCCOc2ccccc2)C1. The number of hydrogen-bond acceptors (Lipinski definition) is 4. The Morgan fingerprint density at radius 1 is 1.40 bits per heavy atom. The fourth-order valence-electron chi connectivity index (χ4n) is 2.35. The van der Waals surface area contributed by atoms with Crippen molar-refractivity contribution in [2.45, 2.75) is 12.5 Å². The second-order valence-corrected chi connectivity index (χ2v) is 5.02. The van der Waals surface area contributed by atoms with Gasteiger partial charge in [-0.25, -0.2) is 0 Å². The van der Waals surface area contributed by atoms with Gasteiger partial charge in [-0.1, -0.05) is 18.2 Å². The summed E-state index contributed by atoms with van der Waals surface area (Å²) in [4.78, 5) is 14.0. The maximum absolute atomic E-state index is 11.8. The highest BCUT2D eigenvalue weighted by molar-refractivity contribution is 5.78. The van der Waals surface area contributed by atoms with E-state index in [2.05, 4.69) is 15.5 Å². The van der Waals surface area contributed by atoms with Crippen LogP contribution in [0.1, 0.15) is 6.42 Å². The van der Waals surface area contributed by atoms with Gasteiger partial charge in [0.15, 0.2) is 0 Å². The highest BCUT2D eigenvalue weighted by atomic mass is 16.5. The molecule has 1 unspecified atom stereocenters. The van der Waals surface area contributed by atoms with Crippen LogP contribution in [0, 0.1) is 0 Å². The van der Waals surface area contributed by atoms with Gasteiger partial charge in [0.2, 0.25) is 5.91 Å². The van der Waals surface area contributed by atoms with Gasteiger partial charge in [0, 0.05) is 19.1 Å². The van der Waals surface area contributed by atoms with Crippen molar-refractivity contribution in [3.8, 4) is 5.75 Å². The number of carbonyl (C=O) groups excluding carboxylic acids is 1. The summed E-state index contributed by atoms with van der Waals surface area (Å²) < 4.78 is 5.52. The Kier molecular flexibility index (Phi) is 5.83. The van der Waals surface area contributed by atoms with Crippen molar-refractivity contribution in [2.75, 3.05) is 39.8 Å². The van der Waals surface area contributed by atoms with Gasteiger partial charge in [0.25, 0.3) is 0 Å². The Morgan fingerprint density at radius 3 is 2.90 bits per heavy atom. The molecule has 0 aliphatic carbocycles. The number of amides is 1. The number of carbonyl (C=O) groups is 1. The Morgan fingerprint density at radius 2 is 2.20 bits per heavy atom. The second kappa shape index (κ2) is 7.87. The van der Waals surface area contributed by atoms with Crippen LogP contribution in [0.25, 0.3) is 0 Å². The van der Waals surface area contributed by atoms with Crippen molar-refractivity contribution in [1.82, 2.24) is 15.5 Å². The molecule has 0 spiro atoms. The monoisotopic (exact) mass is 277 g/mol. The van der Waals surface area contributed by atoms with Crippen LogP contribution in [0.2, 0.25) is 0 Å². The van der Waals surface area contributed by atoms with E-state index in [4.69, 9.17) is 4.74 Å². The molecule has 2 rings (SSSR count). The van der Waals surface area contributed by atoms with E-state index >= 15 is 0 Å². The molecule has 1 amide bonds. The number of hydrogen-bond donors (Lipinski definition) is 2. The van der Waals surface area contributed by atoms with E-state index in [1.165, 1.54) is 0 Å². The van der Waals surface area contributed by atoms with Crippen LogP contribution in [0.5, 0.6) is 5.75 Å². The first-order valence-corrected chi connectivity index (χ1v) is 7.12. The number of rotatable bonds is 7. The van der Waals surface area contributed by atoms with Gasteiger partial charge in [-0.15, -0.1) is 0 Å². The van der Waals surface area contributed by atoms with Gasteiger partial charge in [-0.05, 0) is 25.6 Å². The Labute approximate surface area is 120 Å². The predicted octanol–water partition coefficient (Wildman–Crippen LogP) is 0.475. The molecule has 0 bridgehead atoms. The average molecular weight is 277 g/mol. The van der Waals surface area contributed by atoms with Crippen molar-refractivity contribution >= 4 is 5.91 Å². The molecule has 1 aliphatic heterocycles. The standard InChI is InChI=1S/C15H23N3O2/c1-16-13-7-9-18(11-13)12-15(19)17-8-10-20-14-5-3-2-4-6-14/h2-6,13,16H,7-12H2,1H3,(H,17,19). The van der Waals surface area contributed by atoms with Gasteiger partial charge >= 0.3 is 0 Å². The molecular weight excluding hydrogens is 254 g/mol. The second-order valence-electron chi connectivity index (χ2n) is 5.02. The zero-order chi connectivity index (χ0) is 14.2. The average Bonchev–Trinajstić information content (AvgIpc) is 2.92. The van der Waals surface area contributed by atoms with Crippen LogP contribution >= 0.6 is 0 Å². The van der Waals surface area contributed by atoms with Crippen LogP contribution < -0.4 is 15.4 Å². The van der Waals surface area contributed by atoms with Crippen LogP contribution in [0.4, 0.5) is 0 Å². The molecule has 5 heteroatoms. The van der Waals surface area contributed by atoms with Gasteiger partial charge in [-0.3, -0.25) is 9.69 Å². The third-order valence-electron chi connectivity index (χ3n) is 3.48. The fourth-order valence-corrected chi connectivity index (χ4v) is 2.35. The van der Waals surface area contributed by atoms with Gasteiger partial charge in [-0.2, -0.15) is 0 Å². The van der Waals surface area contributed by atoms with E-state index in [0.717, 1.165) is 25.3 Å². The van der Waals surface area contributed by atoms with Crippen molar-refractivity contribution in [1.29, 1.82) is 0 Å². The lowest BCUT2D eigenvalue weighted by Crippen LogP contribution is -2.39. The molecule has 0 radical (unpaired) electrons. The van der Waals surface area contributed by atoms with Crippen LogP contribution in [0.3, 0.4) is 0 Å². The third kappa shape index (κ3) is 4.83. The molecule has 0 saturated carbocycles. The summed E-state index contributed by atoms with van der Waals surface area (Å²) in [6, 6.07) is 10.1. The molecule has 1 heterocycles. The Hall–Kier alpha value is -1.59. The normalized spacial score (nSPS) is 18.9. The Balaban J connectivity index is 1.57. The molecule has 1 aliphatic rings. The minimum Gasteiger partial charge on any atom is -0.492 e. The summed E-state index contributed by atoms with van der Waals surface area (Å²) in [5, 5.41) is 6.13. The lowest BCUT2D eigenvalue weighted by atomic mass is 10.3. The maximum Gasteiger partial charge on any atom is 0.234 e. The summed E-state index contributed by atoms with van der Waals surface area (Å²) in [6.07, 6.45) is 1.11. The van der Waals surface area contributed by atoms with E-state index in [0.29, 0.717) is 25.7 Å². The first-order valence-electron chi connectivity index (χ1n) is 7.12. The number of nitrogens with one attached hydrogen (secondary N) is 2. The number of nitrogens with zero attached hydrogens (tertiary/aromatic N) is 1. The minimum absolute atomic E-state index is 0.0680. The van der Waals surface area contributed by atoms with E-state index in [1.807, 2.05) is 37.4 Å². The summed E-state index contributed by atoms with van der Waals surface area (Å²) in [6.45, 7) is 3.44. The van der Waals surface area contributed by atoms with E-state index in [-0.39, 0.29) is 5.91 Å². The molecule has 20 heavy (non-hydrogen) atoms. The molecule has 1 saturated heterocycles. The molecule has 1 aromatic rings. The molecule has 2 N–H and O–H groups in total. The Bertz CT molecular complexity index is 411. The first kappa shape index (κ1) is 14.8. The molecule has 5 nitrogen and oxygen atoms in total. The zero-order valence-corrected chi connectivity index (χ0v) is 12.0. The van der Waals surface area contributed by atoms with Gasteiger partial charge in [0.05, 0.1) is 13.1 Å². The number of ether oxygens (including phenoxy) is 1. The van der Waals surface area contributed by atoms with Gasteiger partial charge < -0.3 is 15.4 Å². The highest BCUT2D eigenvalue weighted by Crippen LogP contribution is 2.08. The third-order valence-corrected chi connectivity index (χ3v) is 3.48. The smallest absolute Gasteiger partial charge is 0.234 e. The fraction of sp³-hybridized carbons (Fsp3) is 0.533. The van der Waals surface area contributed by atoms with Crippen molar-refractivity contribution < 1.29 is 9.53 Å². The molecule has 1 atom stereocenters. The van der Waals surface area contributed by atoms with Crippen LogP contribution in [0.15, 0.2) is 30.3 Å². The molecule has 1 aromatic carbocycles. The summed E-state index contributed by atoms with van der Waals surface area (Å²) in [7, 11) is 1.97. The topological polar surface area (TPSA) is 53.6 Å². The molecule has 110 valence electrons. The minimum atomic E-state index is 0.0680. The quantitative estimate of drug-likeness (QED) is 0.712. The lowest BCUT2D eigenvalue weighted by Gasteiger charge is -2.15. The summed E-state index contributed by atoms with van der Waals surface area (Å²) in [5.41, 5.74) is 0. The molecule has 0 aromatic heterocycles. The largest absolute Gasteiger partial charge is 0.492 e. The molecular formula is C15H23N3O2. The van der Waals surface area contributed by atoms with Crippen molar-refractivity contribution in [3.05, 3.63) is 30.3 Å². The predicted molar refractivity (Wildman–Crippen MR) is 78.9 cm³/mol. The highest BCUT2D eigenvalue weighted by Gasteiger charge is 2.22. The maximum atomic E-state index is 11.8. The first-order chi connectivity index (χ1) is 9.78. The number of likely N-dealkylation sites (tertiary alicyclic amines) is 1.